The molecule has 0 unspecified atom stereocenters. The molecule has 1 aromatic carbocycles. The summed E-state index contributed by atoms with van der Waals surface area (Å²) in [6.07, 6.45) is 0.928. The first kappa shape index (κ1) is 11.9. The van der Waals surface area contributed by atoms with Crippen molar-refractivity contribution < 1.29 is 14.3 Å². The highest BCUT2D eigenvalue weighted by atomic mass is 16.6. The van der Waals surface area contributed by atoms with Crippen molar-refractivity contribution in [2.45, 2.75) is 0 Å². The van der Waals surface area contributed by atoms with Crippen molar-refractivity contribution in [2.24, 2.45) is 0 Å². The zero-order valence-corrected chi connectivity index (χ0v) is 9.79. The summed E-state index contributed by atoms with van der Waals surface area (Å²) in [5.74, 6) is 1.50. The molecule has 1 N–H and O–H groups in total. The second kappa shape index (κ2) is 5.67. The standard InChI is InChI=1S/C13H12N2O3/c1-17-11-7-8-12(14-9-11)15-13(16)18-10-5-3-2-4-6-10/h2-9H,1H3,(H,14,15,16). The molecule has 1 heterocycles. The molecule has 5 heteroatoms. The van der Waals surface area contributed by atoms with Gasteiger partial charge >= 0.3 is 6.09 Å². The second-order valence-corrected chi connectivity index (χ2v) is 3.41. The number of benzene rings is 1. The Morgan fingerprint density at radius 1 is 1.11 bits per heavy atom. The van der Waals surface area contributed by atoms with E-state index >= 15 is 0 Å². The van der Waals surface area contributed by atoms with Crippen molar-refractivity contribution in [2.75, 3.05) is 12.4 Å². The number of methoxy groups -OCH3 is 1. The van der Waals surface area contributed by atoms with Crippen LogP contribution in [0.1, 0.15) is 0 Å². The minimum atomic E-state index is -0.584. The lowest BCUT2D eigenvalue weighted by atomic mass is 10.3. The molecule has 0 spiro atoms. The zero-order valence-electron chi connectivity index (χ0n) is 9.79. The SMILES string of the molecule is COc1ccc(NC(=O)Oc2ccccc2)nc1. The molecule has 2 aromatic rings. The highest BCUT2D eigenvalue weighted by Crippen LogP contribution is 2.13. The molecule has 0 aliphatic carbocycles. The molecule has 2 rings (SSSR count). The smallest absolute Gasteiger partial charge is 0.418 e. The number of pyridine rings is 1. The van der Waals surface area contributed by atoms with Crippen molar-refractivity contribution in [3.63, 3.8) is 0 Å². The van der Waals surface area contributed by atoms with Crippen LogP contribution in [-0.2, 0) is 0 Å². The number of hydrogen-bond acceptors (Lipinski definition) is 4. The van der Waals surface area contributed by atoms with Gasteiger partial charge in [0.05, 0.1) is 13.3 Å². The lowest BCUT2D eigenvalue weighted by Crippen LogP contribution is -2.17. The van der Waals surface area contributed by atoms with Gasteiger partial charge in [-0.05, 0) is 24.3 Å². The summed E-state index contributed by atoms with van der Waals surface area (Å²) in [6.45, 7) is 0. The number of nitrogens with zero attached hydrogens (tertiary/aromatic N) is 1. The fourth-order valence-electron chi connectivity index (χ4n) is 1.30. The van der Waals surface area contributed by atoms with E-state index in [2.05, 4.69) is 10.3 Å². The van der Waals surface area contributed by atoms with Crippen LogP contribution in [0.2, 0.25) is 0 Å². The fraction of sp³-hybridized carbons (Fsp3) is 0.0769. The maximum Gasteiger partial charge on any atom is 0.418 e. The van der Waals surface area contributed by atoms with Crippen LogP contribution in [0.5, 0.6) is 11.5 Å². The molecule has 0 bridgehead atoms. The molecule has 0 aliphatic rings. The Morgan fingerprint density at radius 3 is 2.50 bits per heavy atom. The van der Waals surface area contributed by atoms with E-state index in [1.165, 1.54) is 6.20 Å². The summed E-state index contributed by atoms with van der Waals surface area (Å²) in [7, 11) is 1.55. The van der Waals surface area contributed by atoms with Crippen LogP contribution >= 0.6 is 0 Å². The predicted molar refractivity (Wildman–Crippen MR) is 66.9 cm³/mol. The number of amides is 1. The van der Waals surface area contributed by atoms with E-state index in [1.807, 2.05) is 6.07 Å². The number of carbonyl (C=O) groups excluding carboxylic acids is 1. The van der Waals surface area contributed by atoms with Crippen LogP contribution in [0.25, 0.3) is 0 Å². The van der Waals surface area contributed by atoms with Gasteiger partial charge in [0, 0.05) is 0 Å². The van der Waals surface area contributed by atoms with Crippen molar-refractivity contribution in [1.82, 2.24) is 4.98 Å². The highest BCUT2D eigenvalue weighted by molar-refractivity contribution is 5.85. The first-order valence-electron chi connectivity index (χ1n) is 5.32. The largest absolute Gasteiger partial charge is 0.495 e. The Morgan fingerprint density at radius 2 is 1.89 bits per heavy atom. The molecule has 0 saturated heterocycles. The Labute approximate surface area is 104 Å². The van der Waals surface area contributed by atoms with Crippen molar-refractivity contribution in [3.8, 4) is 11.5 Å². The predicted octanol–water partition coefficient (Wildman–Crippen LogP) is 2.70. The summed E-state index contributed by atoms with van der Waals surface area (Å²) in [4.78, 5) is 15.5. The lowest BCUT2D eigenvalue weighted by molar-refractivity contribution is 0.215. The van der Waals surface area contributed by atoms with Gasteiger partial charge in [-0.25, -0.2) is 9.78 Å². The number of hydrogen-bond donors (Lipinski definition) is 1. The maximum absolute atomic E-state index is 11.5. The average molecular weight is 244 g/mol. The van der Waals surface area contributed by atoms with E-state index in [-0.39, 0.29) is 0 Å². The molecule has 1 aromatic heterocycles. The van der Waals surface area contributed by atoms with Gasteiger partial charge in [-0.3, -0.25) is 5.32 Å². The van der Waals surface area contributed by atoms with E-state index in [4.69, 9.17) is 9.47 Å². The Hall–Kier alpha value is -2.56. The third kappa shape index (κ3) is 3.21. The third-order valence-corrected chi connectivity index (χ3v) is 2.16. The molecule has 92 valence electrons. The van der Waals surface area contributed by atoms with Crippen LogP contribution < -0.4 is 14.8 Å². The molecule has 1 amide bonds. The Bertz CT molecular complexity index is 512. The number of anilines is 1. The normalized spacial score (nSPS) is 9.61. The lowest BCUT2D eigenvalue weighted by Gasteiger charge is -2.06. The molecule has 0 saturated carbocycles. The number of ether oxygens (including phenoxy) is 2. The van der Waals surface area contributed by atoms with Crippen LogP contribution in [0.4, 0.5) is 10.6 Å². The van der Waals surface area contributed by atoms with Gasteiger partial charge in [0.1, 0.15) is 17.3 Å². The first-order valence-corrected chi connectivity index (χ1v) is 5.32. The fourth-order valence-corrected chi connectivity index (χ4v) is 1.30. The highest BCUT2D eigenvalue weighted by Gasteiger charge is 2.05. The second-order valence-electron chi connectivity index (χ2n) is 3.41. The first-order chi connectivity index (χ1) is 8.78. The van der Waals surface area contributed by atoms with Gasteiger partial charge in [0.15, 0.2) is 0 Å². The summed E-state index contributed by atoms with van der Waals surface area (Å²) in [5.41, 5.74) is 0. The molecule has 0 radical (unpaired) electrons. The van der Waals surface area contributed by atoms with Gasteiger partial charge in [0.25, 0.3) is 0 Å². The van der Waals surface area contributed by atoms with E-state index in [9.17, 15) is 4.79 Å². The van der Waals surface area contributed by atoms with Crippen LogP contribution in [0.15, 0.2) is 48.7 Å². The number of carbonyl (C=O) groups is 1. The number of rotatable bonds is 3. The maximum atomic E-state index is 11.5. The topological polar surface area (TPSA) is 60.5 Å². The van der Waals surface area contributed by atoms with Gasteiger partial charge in [-0.1, -0.05) is 18.2 Å². The van der Waals surface area contributed by atoms with Crippen molar-refractivity contribution in [3.05, 3.63) is 48.7 Å². The average Bonchev–Trinajstić information content (AvgIpc) is 2.40. The van der Waals surface area contributed by atoms with Gasteiger partial charge in [0.2, 0.25) is 0 Å². The molecule has 0 atom stereocenters. The van der Waals surface area contributed by atoms with Gasteiger partial charge in [-0.15, -0.1) is 0 Å². The zero-order chi connectivity index (χ0) is 12.8. The Balaban J connectivity index is 1.94. The minimum absolute atomic E-state index is 0.400. The Kier molecular flexibility index (Phi) is 3.76. The van der Waals surface area contributed by atoms with Crippen molar-refractivity contribution in [1.29, 1.82) is 0 Å². The minimum Gasteiger partial charge on any atom is -0.495 e. The summed E-state index contributed by atoms with van der Waals surface area (Å²) >= 11 is 0. The third-order valence-electron chi connectivity index (χ3n) is 2.16. The molecule has 0 fully saturated rings. The van der Waals surface area contributed by atoms with Gasteiger partial charge < -0.3 is 9.47 Å². The summed E-state index contributed by atoms with van der Waals surface area (Å²) in [5, 5.41) is 2.51. The molecule has 5 nitrogen and oxygen atoms in total. The number of nitrogens with one attached hydrogen (secondary N) is 1. The van der Waals surface area contributed by atoms with Gasteiger partial charge in [-0.2, -0.15) is 0 Å². The van der Waals surface area contributed by atoms with Crippen molar-refractivity contribution >= 4 is 11.9 Å². The molecular formula is C13H12N2O3. The van der Waals surface area contributed by atoms with E-state index in [0.717, 1.165) is 0 Å². The summed E-state index contributed by atoms with van der Waals surface area (Å²) < 4.78 is 10.0. The van der Waals surface area contributed by atoms with Crippen LogP contribution in [0, 0.1) is 0 Å². The summed E-state index contributed by atoms with van der Waals surface area (Å²) in [6, 6.07) is 12.1. The molecule has 0 aliphatic heterocycles. The molecular weight excluding hydrogens is 232 g/mol. The molecule has 18 heavy (non-hydrogen) atoms. The quantitative estimate of drug-likeness (QED) is 0.901. The number of para-hydroxylation sites is 1. The van der Waals surface area contributed by atoms with Crippen LogP contribution in [0.3, 0.4) is 0 Å². The van der Waals surface area contributed by atoms with E-state index in [1.54, 1.807) is 43.5 Å². The van der Waals surface area contributed by atoms with Crippen LogP contribution in [-0.4, -0.2) is 18.2 Å². The monoisotopic (exact) mass is 244 g/mol. The van der Waals surface area contributed by atoms with E-state index < -0.39 is 6.09 Å². The number of aromatic nitrogens is 1. The van der Waals surface area contributed by atoms with E-state index in [0.29, 0.717) is 17.3 Å².